The molecule has 8 heteroatoms. The highest BCUT2D eigenvalue weighted by atomic mass is 32.2. The second-order valence-corrected chi connectivity index (χ2v) is 7.47. The molecule has 0 amide bonds. The van der Waals surface area contributed by atoms with E-state index in [2.05, 4.69) is 14.9 Å². The molecule has 1 N–H and O–H groups in total. The largest absolute Gasteiger partial charge is 0.438 e. The van der Waals surface area contributed by atoms with Gasteiger partial charge in [-0.05, 0) is 25.0 Å². The summed E-state index contributed by atoms with van der Waals surface area (Å²) in [5, 5.41) is 7.66. The molecule has 0 saturated heterocycles. The Kier molecular flexibility index (Phi) is 4.05. The van der Waals surface area contributed by atoms with E-state index in [1.807, 2.05) is 13.8 Å². The Morgan fingerprint density at radius 1 is 1.18 bits per heavy atom. The minimum Gasteiger partial charge on any atom is -0.438 e. The fourth-order valence-electron chi connectivity index (χ4n) is 2.47. The Morgan fingerprint density at radius 2 is 1.91 bits per heavy atom. The lowest BCUT2D eigenvalue weighted by atomic mass is 10.2. The molecule has 120 valence electrons. The molecule has 0 radical (unpaired) electrons. The first-order valence-corrected chi connectivity index (χ1v) is 8.90. The van der Waals surface area contributed by atoms with Gasteiger partial charge in [-0.15, -0.1) is 10.2 Å². The summed E-state index contributed by atoms with van der Waals surface area (Å²) in [4.78, 5) is 0. The molecule has 3 rings (SSSR count). The van der Waals surface area contributed by atoms with Crippen molar-refractivity contribution in [3.05, 3.63) is 18.0 Å². The minimum absolute atomic E-state index is 0.00509. The van der Waals surface area contributed by atoms with Gasteiger partial charge in [-0.3, -0.25) is 0 Å². The van der Waals surface area contributed by atoms with E-state index in [9.17, 15) is 8.42 Å². The van der Waals surface area contributed by atoms with Gasteiger partial charge < -0.3 is 8.83 Å². The molecule has 1 aliphatic carbocycles. The van der Waals surface area contributed by atoms with Crippen molar-refractivity contribution in [3.63, 3.8) is 0 Å². The van der Waals surface area contributed by atoms with Crippen LogP contribution in [0.15, 0.2) is 26.1 Å². The van der Waals surface area contributed by atoms with Gasteiger partial charge in [0.05, 0.1) is 0 Å². The minimum atomic E-state index is -3.65. The van der Waals surface area contributed by atoms with E-state index in [1.165, 1.54) is 12.1 Å². The summed E-state index contributed by atoms with van der Waals surface area (Å²) in [5.41, 5.74) is 0. The van der Waals surface area contributed by atoms with E-state index in [-0.39, 0.29) is 28.7 Å². The van der Waals surface area contributed by atoms with Crippen molar-refractivity contribution in [2.75, 3.05) is 0 Å². The summed E-state index contributed by atoms with van der Waals surface area (Å²) in [6.45, 7) is 3.86. The molecule has 0 aromatic carbocycles. The molecule has 2 heterocycles. The molecule has 0 atom stereocenters. The molecule has 1 fully saturated rings. The van der Waals surface area contributed by atoms with Crippen LogP contribution >= 0.6 is 0 Å². The van der Waals surface area contributed by atoms with E-state index in [1.54, 1.807) is 0 Å². The fraction of sp³-hybridized carbons (Fsp3) is 0.571. The van der Waals surface area contributed by atoms with Crippen LogP contribution in [0.1, 0.15) is 51.3 Å². The Labute approximate surface area is 129 Å². The van der Waals surface area contributed by atoms with Crippen LogP contribution in [0, 0.1) is 0 Å². The average molecular weight is 325 g/mol. The van der Waals surface area contributed by atoms with Gasteiger partial charge in [0.2, 0.25) is 11.0 Å². The van der Waals surface area contributed by atoms with Crippen molar-refractivity contribution >= 4 is 10.0 Å². The maximum Gasteiger partial charge on any atom is 0.283 e. The van der Waals surface area contributed by atoms with Crippen LogP contribution in [0.3, 0.4) is 0 Å². The second-order valence-electron chi connectivity index (χ2n) is 5.82. The molecule has 7 nitrogen and oxygen atoms in total. The van der Waals surface area contributed by atoms with Gasteiger partial charge in [-0.25, -0.2) is 13.1 Å². The molecule has 2 aromatic heterocycles. The predicted octanol–water partition coefficient (Wildman–Crippen LogP) is 2.67. The Bertz CT molecular complexity index is 742. The standard InChI is InChI=1S/C14H19N3O4S/c1-9(2)13-15-16-14(21-13)11-7-8-12(20-11)22(18,19)17-10-5-3-4-6-10/h7-10,17H,3-6H2,1-2H3. The van der Waals surface area contributed by atoms with Crippen molar-refractivity contribution in [2.24, 2.45) is 0 Å². The Morgan fingerprint density at radius 3 is 2.55 bits per heavy atom. The third-order valence-electron chi connectivity index (χ3n) is 3.67. The highest BCUT2D eigenvalue weighted by Gasteiger charge is 2.26. The predicted molar refractivity (Wildman–Crippen MR) is 78.7 cm³/mol. The molecule has 0 bridgehead atoms. The monoisotopic (exact) mass is 325 g/mol. The molecule has 2 aromatic rings. The zero-order valence-corrected chi connectivity index (χ0v) is 13.4. The van der Waals surface area contributed by atoms with Crippen molar-refractivity contribution in [2.45, 2.75) is 56.6 Å². The van der Waals surface area contributed by atoms with Crippen LogP contribution in [0.4, 0.5) is 0 Å². The number of hydrogen-bond acceptors (Lipinski definition) is 6. The Balaban J connectivity index is 1.80. The zero-order chi connectivity index (χ0) is 15.7. The fourth-order valence-corrected chi connectivity index (χ4v) is 3.71. The first kappa shape index (κ1) is 15.2. The molecule has 1 aliphatic rings. The molecule has 0 unspecified atom stereocenters. The summed E-state index contributed by atoms with van der Waals surface area (Å²) in [5.74, 6) is 1.03. The number of furan rings is 1. The lowest BCUT2D eigenvalue weighted by Gasteiger charge is -2.10. The molecular formula is C14H19N3O4S. The molecule has 1 saturated carbocycles. The third kappa shape index (κ3) is 3.07. The first-order valence-electron chi connectivity index (χ1n) is 7.41. The van der Waals surface area contributed by atoms with E-state index in [0.29, 0.717) is 5.89 Å². The lowest BCUT2D eigenvalue weighted by molar-refractivity contribution is 0.423. The van der Waals surface area contributed by atoms with Gasteiger partial charge >= 0.3 is 0 Å². The summed E-state index contributed by atoms with van der Waals surface area (Å²) in [6, 6.07) is 2.93. The summed E-state index contributed by atoms with van der Waals surface area (Å²) in [7, 11) is -3.65. The highest BCUT2D eigenvalue weighted by Crippen LogP contribution is 2.26. The normalized spacial score (nSPS) is 16.7. The second kappa shape index (κ2) is 5.85. The Hall–Kier alpha value is -1.67. The third-order valence-corrected chi connectivity index (χ3v) is 5.06. The van der Waals surface area contributed by atoms with Crippen LogP contribution in [0.5, 0.6) is 0 Å². The number of rotatable bonds is 5. The summed E-state index contributed by atoms with van der Waals surface area (Å²) in [6.07, 6.45) is 3.84. The highest BCUT2D eigenvalue weighted by molar-refractivity contribution is 7.89. The molecule has 0 spiro atoms. The van der Waals surface area contributed by atoms with Crippen LogP contribution in [-0.2, 0) is 10.0 Å². The van der Waals surface area contributed by atoms with Crippen molar-refractivity contribution in [3.8, 4) is 11.7 Å². The SMILES string of the molecule is CC(C)c1nnc(-c2ccc(S(=O)(=O)NC3CCCC3)o2)o1. The number of nitrogens with zero attached hydrogens (tertiary/aromatic N) is 2. The zero-order valence-electron chi connectivity index (χ0n) is 12.6. The quantitative estimate of drug-likeness (QED) is 0.907. The molecule has 22 heavy (non-hydrogen) atoms. The maximum absolute atomic E-state index is 12.3. The number of aromatic nitrogens is 2. The van der Waals surface area contributed by atoms with Crippen molar-refractivity contribution in [1.29, 1.82) is 0 Å². The van der Waals surface area contributed by atoms with Gasteiger partial charge in [-0.1, -0.05) is 26.7 Å². The molecular weight excluding hydrogens is 306 g/mol. The smallest absolute Gasteiger partial charge is 0.283 e. The van der Waals surface area contributed by atoms with Crippen LogP contribution < -0.4 is 4.72 Å². The maximum atomic E-state index is 12.3. The first-order chi connectivity index (χ1) is 10.5. The van der Waals surface area contributed by atoms with Crippen LogP contribution in [0.2, 0.25) is 0 Å². The van der Waals surface area contributed by atoms with E-state index < -0.39 is 10.0 Å². The van der Waals surface area contributed by atoms with Gasteiger partial charge in [0, 0.05) is 12.0 Å². The van der Waals surface area contributed by atoms with Crippen molar-refractivity contribution in [1.82, 2.24) is 14.9 Å². The summed E-state index contributed by atoms with van der Waals surface area (Å²) >= 11 is 0. The summed E-state index contributed by atoms with van der Waals surface area (Å²) < 4.78 is 38.1. The number of nitrogens with one attached hydrogen (secondary N) is 1. The number of sulfonamides is 1. The van der Waals surface area contributed by atoms with E-state index >= 15 is 0 Å². The topological polar surface area (TPSA) is 98.2 Å². The van der Waals surface area contributed by atoms with E-state index in [4.69, 9.17) is 8.83 Å². The molecule has 0 aliphatic heterocycles. The van der Waals surface area contributed by atoms with Gasteiger partial charge in [0.15, 0.2) is 5.76 Å². The lowest BCUT2D eigenvalue weighted by Crippen LogP contribution is -2.32. The average Bonchev–Trinajstić information content (AvgIpc) is 3.19. The van der Waals surface area contributed by atoms with E-state index in [0.717, 1.165) is 25.7 Å². The van der Waals surface area contributed by atoms with Gasteiger partial charge in [0.25, 0.3) is 15.9 Å². The van der Waals surface area contributed by atoms with Crippen LogP contribution in [-0.4, -0.2) is 24.7 Å². The van der Waals surface area contributed by atoms with Crippen LogP contribution in [0.25, 0.3) is 11.7 Å². The van der Waals surface area contributed by atoms with Gasteiger partial charge in [-0.2, -0.15) is 0 Å². The van der Waals surface area contributed by atoms with Gasteiger partial charge in [0.1, 0.15) is 0 Å². The number of hydrogen-bond donors (Lipinski definition) is 1. The van der Waals surface area contributed by atoms with Crippen molar-refractivity contribution < 1.29 is 17.3 Å².